The Balaban J connectivity index is 1.27. The molecule has 52 heavy (non-hydrogen) atoms. The van der Waals surface area contributed by atoms with Crippen molar-refractivity contribution in [1.29, 1.82) is 0 Å². The molecule has 0 amide bonds. The van der Waals surface area contributed by atoms with Crippen LogP contribution in [0.2, 0.25) is 0 Å². The number of methoxy groups -OCH3 is 1. The zero-order chi connectivity index (χ0) is 36.8. The van der Waals surface area contributed by atoms with E-state index in [1.54, 1.807) is 18.2 Å². The van der Waals surface area contributed by atoms with Crippen molar-refractivity contribution in [3.63, 3.8) is 0 Å². The molecule has 3 aromatic carbocycles. The monoisotopic (exact) mass is 723 g/mol. The lowest BCUT2D eigenvalue weighted by Crippen LogP contribution is -2.66. The number of ether oxygens (including phenoxy) is 7. The zero-order valence-electron chi connectivity index (χ0n) is 27.6. The Morgan fingerprint density at radius 3 is 2.56 bits per heavy atom. The predicted molar refractivity (Wildman–Crippen MR) is 178 cm³/mol. The quantitative estimate of drug-likeness (QED) is 0.0598. The number of aromatic amines is 1. The lowest BCUT2D eigenvalue weighted by atomic mass is 9.85. The lowest BCUT2D eigenvalue weighted by molar-refractivity contribution is -0.291. The van der Waals surface area contributed by atoms with E-state index in [2.05, 4.69) is 4.98 Å². The first-order valence-electron chi connectivity index (χ1n) is 16.3. The molecule has 7 rings (SSSR count). The predicted octanol–water partition coefficient (Wildman–Crippen LogP) is 0.598. The number of rotatable bonds is 11. The van der Waals surface area contributed by atoms with Crippen molar-refractivity contribution in [1.82, 2.24) is 4.98 Å². The van der Waals surface area contributed by atoms with Gasteiger partial charge in [0.25, 0.3) is 0 Å². The summed E-state index contributed by atoms with van der Waals surface area (Å²) < 4.78 is 41.0. The number of aliphatic carboxylic acids is 1. The number of hydrogen-bond acceptors (Lipinski definition) is 15. The minimum atomic E-state index is -1.88. The molecule has 4 aromatic rings. The molecule has 0 saturated carbocycles. The number of carboxylic acids is 1. The summed E-state index contributed by atoms with van der Waals surface area (Å²) in [6, 6.07) is 14.4. The molecule has 1 fully saturated rings. The van der Waals surface area contributed by atoms with E-state index in [4.69, 9.17) is 49.7 Å². The first-order valence-corrected chi connectivity index (χ1v) is 16.3. The molecule has 0 radical (unpaired) electrons. The van der Waals surface area contributed by atoms with Crippen LogP contribution in [0.15, 0.2) is 54.7 Å². The average molecular weight is 724 g/mol. The molecule has 8 atom stereocenters. The van der Waals surface area contributed by atoms with Gasteiger partial charge in [-0.1, -0.05) is 24.3 Å². The number of fused-ring (bicyclic) bond motifs is 6. The van der Waals surface area contributed by atoms with Crippen molar-refractivity contribution < 1.29 is 68.3 Å². The number of H-pyrrole nitrogens is 1. The van der Waals surface area contributed by atoms with Gasteiger partial charge < -0.3 is 75.1 Å². The Hall–Kier alpha value is -5.14. The number of aliphatic hydroxyl groups excluding tert-OH is 4. The molecule has 17 heteroatoms. The van der Waals surface area contributed by atoms with Crippen LogP contribution in [-0.4, -0.2) is 106 Å². The fraction of sp³-hybridized carbons (Fsp3) is 0.371. The minimum absolute atomic E-state index is 0.118. The Labute approximate surface area is 295 Å². The van der Waals surface area contributed by atoms with Crippen LogP contribution in [0.5, 0.6) is 28.7 Å². The largest absolute Gasteiger partial charge is 0.492 e. The number of esters is 1. The van der Waals surface area contributed by atoms with Gasteiger partial charge in [0.15, 0.2) is 24.4 Å². The highest BCUT2D eigenvalue weighted by Crippen LogP contribution is 2.58. The highest BCUT2D eigenvalue weighted by molar-refractivity contribution is 5.97. The highest BCUT2D eigenvalue weighted by Gasteiger charge is 2.51. The number of aromatic nitrogens is 1. The average Bonchev–Trinajstić information content (AvgIpc) is 3.72. The van der Waals surface area contributed by atoms with Crippen LogP contribution >= 0.6 is 0 Å². The second-order valence-corrected chi connectivity index (χ2v) is 12.5. The molecule has 0 aliphatic carbocycles. The van der Waals surface area contributed by atoms with E-state index in [0.717, 1.165) is 22.0 Å². The topological polar surface area (TPSA) is 268 Å². The van der Waals surface area contributed by atoms with Crippen LogP contribution < -0.4 is 35.2 Å². The molecule has 10 N–H and O–H groups in total. The van der Waals surface area contributed by atoms with Crippen LogP contribution in [-0.2, 0) is 19.1 Å². The summed E-state index contributed by atoms with van der Waals surface area (Å²) in [5, 5.41) is 51.9. The molecule has 4 heterocycles. The molecule has 0 spiro atoms. The molecule has 0 bridgehead atoms. The second-order valence-electron chi connectivity index (χ2n) is 12.5. The van der Waals surface area contributed by atoms with Gasteiger partial charge in [0.05, 0.1) is 25.8 Å². The van der Waals surface area contributed by atoms with E-state index < -0.39 is 74.2 Å². The zero-order valence-corrected chi connectivity index (χ0v) is 27.6. The van der Waals surface area contributed by atoms with Crippen LogP contribution in [0, 0.1) is 0 Å². The first-order chi connectivity index (χ1) is 25.0. The van der Waals surface area contributed by atoms with Gasteiger partial charge in [-0.05, 0) is 23.8 Å². The van der Waals surface area contributed by atoms with E-state index in [1.165, 1.54) is 7.11 Å². The van der Waals surface area contributed by atoms with Crippen LogP contribution in [0.1, 0.15) is 29.6 Å². The Morgan fingerprint density at radius 1 is 1.04 bits per heavy atom. The number of benzene rings is 3. The molecule has 17 nitrogen and oxygen atoms in total. The maximum atomic E-state index is 12.2. The molecular formula is C35H37N3O14. The number of nitrogens with one attached hydrogen (secondary N) is 1. The van der Waals surface area contributed by atoms with Crippen LogP contribution in [0.25, 0.3) is 22.0 Å². The van der Waals surface area contributed by atoms with Gasteiger partial charge >= 0.3 is 11.9 Å². The summed E-state index contributed by atoms with van der Waals surface area (Å²) in [4.78, 5) is 26.5. The SMILES string of the molecule is COc1c(OCO)ccc2c1O[C@H]1c3c(cc(O[C@@H]4O[C@H]([C@H](OC(=O)CC(=O)O)C(N)N)[C@@H](O)[C@H](O)[C@H]4O)cc3-c3c[nH]c4ccccc34)OC[C@@H]21. The maximum absolute atomic E-state index is 12.2. The van der Waals surface area contributed by atoms with Crippen molar-refractivity contribution >= 4 is 22.8 Å². The summed E-state index contributed by atoms with van der Waals surface area (Å²) in [6.45, 7) is -0.370. The number of carbonyl (C=O) groups excluding carboxylic acids is 1. The fourth-order valence-corrected chi connectivity index (χ4v) is 7.00. The van der Waals surface area contributed by atoms with Gasteiger partial charge in [-0.25, -0.2) is 0 Å². The normalized spacial score (nSPS) is 25.3. The summed E-state index contributed by atoms with van der Waals surface area (Å²) in [5.74, 6) is -1.40. The van der Waals surface area contributed by atoms with E-state index in [1.807, 2.05) is 36.5 Å². The lowest BCUT2D eigenvalue weighted by Gasteiger charge is -2.43. The molecule has 1 saturated heterocycles. The van der Waals surface area contributed by atoms with Gasteiger partial charge in [0, 0.05) is 39.9 Å². The third kappa shape index (κ3) is 6.21. The van der Waals surface area contributed by atoms with Gasteiger partial charge in [0.1, 0.15) is 48.4 Å². The molecule has 276 valence electrons. The van der Waals surface area contributed by atoms with E-state index in [9.17, 15) is 30.0 Å². The summed E-state index contributed by atoms with van der Waals surface area (Å²) in [5.41, 5.74) is 15.4. The van der Waals surface area contributed by atoms with E-state index >= 15 is 0 Å². The van der Waals surface area contributed by atoms with Crippen molar-refractivity contribution in [2.75, 3.05) is 20.5 Å². The minimum Gasteiger partial charge on any atom is -0.492 e. The Kier molecular flexibility index (Phi) is 9.57. The third-order valence-corrected chi connectivity index (χ3v) is 9.36. The van der Waals surface area contributed by atoms with Crippen molar-refractivity contribution in [2.45, 2.75) is 61.4 Å². The number of carboxylic acid groups (broad SMARTS) is 1. The highest BCUT2D eigenvalue weighted by atomic mass is 16.7. The molecule has 1 aromatic heterocycles. The van der Waals surface area contributed by atoms with Crippen molar-refractivity contribution in [3.8, 4) is 39.9 Å². The van der Waals surface area contributed by atoms with Crippen molar-refractivity contribution in [3.05, 3.63) is 65.9 Å². The number of nitrogens with two attached hydrogens (primary N) is 2. The van der Waals surface area contributed by atoms with Gasteiger partial charge in [-0.15, -0.1) is 0 Å². The Bertz CT molecular complexity index is 1980. The summed E-state index contributed by atoms with van der Waals surface area (Å²) in [6.07, 6.45) is -11.8. The summed E-state index contributed by atoms with van der Waals surface area (Å²) >= 11 is 0. The van der Waals surface area contributed by atoms with E-state index in [-0.39, 0.29) is 18.3 Å². The van der Waals surface area contributed by atoms with Gasteiger partial charge in [-0.2, -0.15) is 0 Å². The number of para-hydroxylation sites is 1. The van der Waals surface area contributed by atoms with Gasteiger partial charge in [0.2, 0.25) is 12.0 Å². The number of hydrogen-bond donors (Lipinski definition) is 8. The number of carbonyl (C=O) groups is 2. The smallest absolute Gasteiger partial charge is 0.317 e. The fourth-order valence-electron chi connectivity index (χ4n) is 7.00. The van der Waals surface area contributed by atoms with Gasteiger partial charge in [-0.3, -0.25) is 9.59 Å². The number of aliphatic hydroxyl groups is 4. The van der Waals surface area contributed by atoms with Crippen LogP contribution in [0.4, 0.5) is 0 Å². The van der Waals surface area contributed by atoms with Crippen molar-refractivity contribution in [2.24, 2.45) is 11.5 Å². The Morgan fingerprint density at radius 2 is 1.83 bits per heavy atom. The molecule has 0 unspecified atom stereocenters. The molecular weight excluding hydrogens is 686 g/mol. The molecule has 3 aliphatic rings. The standard InChI is InChI=1S/C35H37N3O14/c1-46-31-21(48-13-39)7-6-16-19-12-47-22-9-14(8-17(25(22)29(19)51-30(16)31)18-11-38-20-5-3-2-4-15(18)20)49-35-28(45)26(43)27(44)32(52-35)33(34(36)37)50-24(42)10-23(40)41/h2-9,11,19,26-29,32-35,38-39,43-45H,10,12-13,36-37H2,1H3,(H,40,41)/t19-,26-,27-,28+,29+,32-,33-,35+/m0/s1. The maximum Gasteiger partial charge on any atom is 0.317 e. The second kappa shape index (κ2) is 14.1. The summed E-state index contributed by atoms with van der Waals surface area (Å²) in [7, 11) is 1.47. The van der Waals surface area contributed by atoms with Crippen LogP contribution in [0.3, 0.4) is 0 Å². The third-order valence-electron chi connectivity index (χ3n) is 9.36. The van der Waals surface area contributed by atoms with E-state index in [0.29, 0.717) is 34.1 Å². The molecule has 3 aliphatic heterocycles. The first kappa shape index (κ1) is 35.3.